The summed E-state index contributed by atoms with van der Waals surface area (Å²) in [5.74, 6) is -0.403. The lowest BCUT2D eigenvalue weighted by Crippen LogP contribution is -1.99. The minimum atomic E-state index is -0.792. The summed E-state index contributed by atoms with van der Waals surface area (Å²) in [6.07, 6.45) is 16.5. The molecule has 0 aromatic rings. The van der Waals surface area contributed by atoms with E-state index in [2.05, 4.69) is 19.2 Å². The second kappa shape index (κ2) is 22.6. The molecule has 0 rings (SSSR count). The van der Waals surface area contributed by atoms with Crippen molar-refractivity contribution in [2.45, 2.75) is 91.4 Å². The topological polar surface area (TPSA) is 49.3 Å². The van der Waals surface area contributed by atoms with Crippen molar-refractivity contribution in [3.05, 3.63) is 11.6 Å². The molecule has 0 heterocycles. The molecule has 0 fully saturated rings. The summed E-state index contributed by atoms with van der Waals surface area (Å²) in [5, 5.41) is 11.6. The molecule has 0 radical (unpaired) electrons. The van der Waals surface area contributed by atoms with Crippen molar-refractivity contribution in [1.29, 1.82) is 0 Å². The number of carbonyl (C=O) groups is 1. The lowest BCUT2D eigenvalue weighted by molar-refractivity contribution is -0.132. The lowest BCUT2D eigenvalue weighted by Gasteiger charge is -2.07. The number of aliphatic carboxylic acids is 1. The second-order valence-electron chi connectivity index (χ2n) is 6.60. The van der Waals surface area contributed by atoms with Crippen LogP contribution in [0.3, 0.4) is 0 Å². The van der Waals surface area contributed by atoms with E-state index in [4.69, 9.17) is 5.11 Å². The van der Waals surface area contributed by atoms with Crippen molar-refractivity contribution in [3.63, 3.8) is 0 Å². The molecule has 2 N–H and O–H groups in total. The van der Waals surface area contributed by atoms with E-state index in [0.717, 1.165) is 6.42 Å². The van der Waals surface area contributed by atoms with E-state index in [1.807, 2.05) is 20.2 Å². The third kappa shape index (κ3) is 23.9. The number of carboxylic acid groups (broad SMARTS) is 1. The number of nitrogens with one attached hydrogen (secondary N) is 1. The van der Waals surface area contributed by atoms with Gasteiger partial charge in [0.1, 0.15) is 0 Å². The maximum absolute atomic E-state index is 10.7. The van der Waals surface area contributed by atoms with Gasteiger partial charge in [0.2, 0.25) is 0 Å². The number of hydrogen-bond donors (Lipinski definition) is 2. The second-order valence-corrected chi connectivity index (χ2v) is 6.60. The Labute approximate surface area is 161 Å². The van der Waals surface area contributed by atoms with Crippen LogP contribution in [0, 0.1) is 5.92 Å². The summed E-state index contributed by atoms with van der Waals surface area (Å²) in [7, 11) is 3.75. The Morgan fingerprint density at radius 3 is 1.71 bits per heavy atom. The molecule has 0 aliphatic carbocycles. The van der Waals surface area contributed by atoms with Gasteiger partial charge in [-0.25, -0.2) is 4.79 Å². The van der Waals surface area contributed by atoms with Crippen LogP contribution in [0.25, 0.3) is 0 Å². The molecule has 0 saturated carbocycles. The van der Waals surface area contributed by atoms with Crippen LogP contribution in [0.15, 0.2) is 11.6 Å². The van der Waals surface area contributed by atoms with E-state index in [9.17, 15) is 4.79 Å². The Morgan fingerprint density at radius 1 is 0.958 bits per heavy atom. The number of unbranched alkanes of at least 4 members (excludes halogenated alkanes) is 9. The highest BCUT2D eigenvalue weighted by Crippen LogP contribution is 2.15. The van der Waals surface area contributed by atoms with Crippen LogP contribution in [0.1, 0.15) is 91.4 Å². The summed E-state index contributed by atoms with van der Waals surface area (Å²) >= 11 is 0. The molecular weight excluding hydrogens is 366 g/mol. The number of carboxylic acids is 1. The van der Waals surface area contributed by atoms with Gasteiger partial charge in [0.15, 0.2) is 0 Å². The highest BCUT2D eigenvalue weighted by atomic mass is 79.9. The maximum Gasteiger partial charge on any atom is 0.330 e. The minimum Gasteiger partial charge on any atom is -0.478 e. The zero-order valence-corrected chi connectivity index (χ0v) is 18.4. The molecule has 0 amide bonds. The van der Waals surface area contributed by atoms with E-state index >= 15 is 0 Å². The van der Waals surface area contributed by atoms with Crippen LogP contribution in [0.4, 0.5) is 0 Å². The Kier molecular flexibility index (Phi) is 26.9. The third-order valence-electron chi connectivity index (χ3n) is 3.88. The van der Waals surface area contributed by atoms with Crippen molar-refractivity contribution < 1.29 is 9.90 Å². The molecule has 0 aromatic carbocycles. The average molecular weight is 408 g/mol. The first-order chi connectivity index (χ1) is 11.0. The zero-order valence-electron chi connectivity index (χ0n) is 16.7. The highest BCUT2D eigenvalue weighted by molar-refractivity contribution is 8.93. The molecule has 1 atom stereocenters. The molecular formula is C20H42BrNO2. The van der Waals surface area contributed by atoms with Gasteiger partial charge in [0.25, 0.3) is 0 Å². The minimum absolute atomic E-state index is 0. The summed E-state index contributed by atoms with van der Waals surface area (Å²) in [6.45, 7) is 6.05. The van der Waals surface area contributed by atoms with E-state index < -0.39 is 5.97 Å². The largest absolute Gasteiger partial charge is 0.478 e. The van der Waals surface area contributed by atoms with Crippen molar-refractivity contribution >= 4 is 23.0 Å². The third-order valence-corrected chi connectivity index (χ3v) is 3.88. The molecule has 0 bridgehead atoms. The van der Waals surface area contributed by atoms with E-state index in [1.165, 1.54) is 64.2 Å². The monoisotopic (exact) mass is 407 g/mol. The molecule has 146 valence electrons. The first kappa shape index (κ1) is 28.5. The number of hydrogen-bond acceptors (Lipinski definition) is 2. The summed E-state index contributed by atoms with van der Waals surface area (Å²) in [6, 6.07) is 0. The maximum atomic E-state index is 10.7. The predicted octanol–water partition coefficient (Wildman–Crippen LogP) is 6.38. The zero-order chi connectivity index (χ0) is 17.9. The number of rotatable bonds is 13. The van der Waals surface area contributed by atoms with Crippen molar-refractivity contribution in [2.75, 3.05) is 14.1 Å². The van der Waals surface area contributed by atoms with E-state index in [0.29, 0.717) is 11.5 Å². The van der Waals surface area contributed by atoms with Gasteiger partial charge in [-0.1, -0.05) is 84.1 Å². The van der Waals surface area contributed by atoms with Crippen molar-refractivity contribution in [2.24, 2.45) is 5.92 Å². The first-order valence-corrected chi connectivity index (χ1v) is 9.49. The molecule has 3 nitrogen and oxygen atoms in total. The van der Waals surface area contributed by atoms with Gasteiger partial charge < -0.3 is 10.4 Å². The standard InChI is InChI=1S/C18H34O2.C2H7N.BrH/c1-4-5-6-7-8-9-10-11-12-13-14-16(2)15-17(3)18(19)20;1-3-2;/h15-16H,4-14H2,1-3H3,(H,19,20);3H,1-2H3;1H. The lowest BCUT2D eigenvalue weighted by atomic mass is 9.99. The van der Waals surface area contributed by atoms with Gasteiger partial charge in [0.05, 0.1) is 0 Å². The normalized spacial score (nSPS) is 12.0. The molecule has 0 aliphatic rings. The van der Waals surface area contributed by atoms with Crippen LogP contribution < -0.4 is 5.32 Å². The first-order valence-electron chi connectivity index (χ1n) is 9.49. The fraction of sp³-hybridized carbons (Fsp3) is 0.850. The molecule has 4 heteroatoms. The smallest absolute Gasteiger partial charge is 0.330 e. The molecule has 0 aromatic heterocycles. The Hall–Kier alpha value is -0.350. The summed E-state index contributed by atoms with van der Waals surface area (Å²) < 4.78 is 0. The van der Waals surface area contributed by atoms with Gasteiger partial charge in [-0.05, 0) is 33.4 Å². The fourth-order valence-corrected chi connectivity index (χ4v) is 2.54. The fourth-order valence-electron chi connectivity index (χ4n) is 2.54. The van der Waals surface area contributed by atoms with Gasteiger partial charge in [-0.3, -0.25) is 0 Å². The summed E-state index contributed by atoms with van der Waals surface area (Å²) in [5.41, 5.74) is 0.476. The van der Waals surface area contributed by atoms with E-state index in [1.54, 1.807) is 6.92 Å². The van der Waals surface area contributed by atoms with Crippen molar-refractivity contribution in [1.82, 2.24) is 5.32 Å². The predicted molar refractivity (Wildman–Crippen MR) is 112 cm³/mol. The molecule has 24 heavy (non-hydrogen) atoms. The Morgan fingerprint density at radius 2 is 1.33 bits per heavy atom. The Balaban J connectivity index is -0.00000102. The number of halogens is 1. The quantitative estimate of drug-likeness (QED) is 0.275. The van der Waals surface area contributed by atoms with Gasteiger partial charge in [-0.2, -0.15) is 0 Å². The van der Waals surface area contributed by atoms with Crippen LogP contribution in [-0.2, 0) is 4.79 Å². The van der Waals surface area contributed by atoms with E-state index in [-0.39, 0.29) is 17.0 Å². The highest BCUT2D eigenvalue weighted by Gasteiger charge is 2.03. The number of allylic oxidation sites excluding steroid dienone is 1. The van der Waals surface area contributed by atoms with Gasteiger partial charge in [-0.15, -0.1) is 17.0 Å². The molecule has 0 aliphatic heterocycles. The molecule has 1 unspecified atom stereocenters. The SMILES string of the molecule is Br.CCCCCCCCCCCCC(C)C=C(C)C(=O)O.CNC. The molecule has 0 spiro atoms. The van der Waals surface area contributed by atoms with Crippen LogP contribution in [0.5, 0.6) is 0 Å². The van der Waals surface area contributed by atoms with Crippen LogP contribution in [0.2, 0.25) is 0 Å². The molecule has 0 saturated heterocycles. The van der Waals surface area contributed by atoms with Crippen LogP contribution >= 0.6 is 17.0 Å². The average Bonchev–Trinajstić information content (AvgIpc) is 2.49. The van der Waals surface area contributed by atoms with Gasteiger partial charge >= 0.3 is 5.97 Å². The summed E-state index contributed by atoms with van der Waals surface area (Å²) in [4.78, 5) is 10.7. The Bertz CT molecular complexity index is 293. The van der Waals surface area contributed by atoms with Crippen LogP contribution in [-0.4, -0.2) is 25.2 Å². The van der Waals surface area contributed by atoms with Gasteiger partial charge in [0, 0.05) is 5.57 Å². The van der Waals surface area contributed by atoms with Crippen molar-refractivity contribution in [3.8, 4) is 0 Å².